The highest BCUT2D eigenvalue weighted by molar-refractivity contribution is 5.66. The Bertz CT molecular complexity index is 410. The number of carboxylic acid groups (broad SMARTS) is 1. The molecule has 3 fully saturated rings. The Morgan fingerprint density at radius 2 is 1.24 bits per heavy atom. The molecule has 0 unspecified atom stereocenters. The second kappa shape index (κ2) is 10.3. The normalized spacial score (nSPS) is 27.2. The molecule has 3 aliphatic rings. The van der Waals surface area contributed by atoms with E-state index in [-0.39, 0.29) is 5.41 Å². The van der Waals surface area contributed by atoms with Gasteiger partial charge >= 0.3 is 5.97 Å². The van der Waals surface area contributed by atoms with Gasteiger partial charge in [-0.05, 0) is 43.9 Å². The van der Waals surface area contributed by atoms with Crippen molar-refractivity contribution in [3.63, 3.8) is 0 Å². The van der Waals surface area contributed by atoms with Crippen LogP contribution in [0.3, 0.4) is 0 Å². The first-order valence-electron chi connectivity index (χ1n) is 10.6. The summed E-state index contributed by atoms with van der Waals surface area (Å²) in [6.45, 7) is 0. The zero-order valence-corrected chi connectivity index (χ0v) is 15.9. The van der Waals surface area contributed by atoms with Gasteiger partial charge in [0.15, 0.2) is 0 Å². The SMILES string of the molecule is O=C(O)CCCCCCCCCCCCCCC=CC12CC(F)(C1)C2. The van der Waals surface area contributed by atoms with Crippen LogP contribution in [0.25, 0.3) is 0 Å². The number of halogens is 1. The maximum atomic E-state index is 13.4. The molecule has 0 radical (unpaired) electrons. The number of unbranched alkanes of at least 4 members (excludes halogenated alkanes) is 12. The van der Waals surface area contributed by atoms with Gasteiger partial charge in [0.05, 0.1) is 0 Å². The molecule has 0 aromatic rings. The molecule has 0 aromatic heterocycles. The number of rotatable bonds is 16. The van der Waals surface area contributed by atoms with Crippen molar-refractivity contribution < 1.29 is 14.3 Å². The van der Waals surface area contributed by atoms with Crippen LogP contribution in [0.2, 0.25) is 0 Å². The van der Waals surface area contributed by atoms with Crippen molar-refractivity contribution in [1.29, 1.82) is 0 Å². The van der Waals surface area contributed by atoms with Crippen LogP contribution in [0.5, 0.6) is 0 Å². The van der Waals surface area contributed by atoms with Gasteiger partial charge in [-0.1, -0.05) is 76.4 Å². The summed E-state index contributed by atoms with van der Waals surface area (Å²) in [5, 5.41) is 8.56. The lowest BCUT2D eigenvalue weighted by molar-refractivity contribution is -0.182. The number of allylic oxidation sites excluding steroid dienone is 2. The average molecular weight is 353 g/mol. The van der Waals surface area contributed by atoms with Crippen LogP contribution >= 0.6 is 0 Å². The molecule has 0 atom stereocenters. The van der Waals surface area contributed by atoms with E-state index in [1.807, 2.05) is 0 Å². The standard InChI is InChI=1S/C22H37FO2/c23-22-17-21(18-22,19-22)16-14-12-10-8-6-4-2-1-3-5-7-9-11-13-15-20(24)25/h14,16H,1-13,15,17-19H2,(H,24,25). The van der Waals surface area contributed by atoms with Crippen molar-refractivity contribution in [2.45, 2.75) is 115 Å². The van der Waals surface area contributed by atoms with Gasteiger partial charge in [-0.25, -0.2) is 4.39 Å². The first kappa shape index (κ1) is 20.5. The molecule has 144 valence electrons. The van der Waals surface area contributed by atoms with Crippen molar-refractivity contribution in [2.24, 2.45) is 5.41 Å². The summed E-state index contributed by atoms with van der Waals surface area (Å²) in [4.78, 5) is 10.4. The molecule has 0 amide bonds. The Labute approximate surface area is 153 Å². The van der Waals surface area contributed by atoms with E-state index in [4.69, 9.17) is 5.11 Å². The van der Waals surface area contributed by atoms with Gasteiger partial charge in [0.25, 0.3) is 0 Å². The lowest BCUT2D eigenvalue weighted by Gasteiger charge is -2.64. The van der Waals surface area contributed by atoms with Gasteiger partial charge in [0.2, 0.25) is 0 Å². The third-order valence-electron chi connectivity index (χ3n) is 5.99. The van der Waals surface area contributed by atoms with Crippen molar-refractivity contribution >= 4 is 5.97 Å². The highest BCUT2D eigenvalue weighted by Crippen LogP contribution is 2.70. The highest BCUT2D eigenvalue weighted by Gasteiger charge is 2.67. The molecular formula is C22H37FO2. The Balaban J connectivity index is 1.24. The molecule has 3 aliphatic carbocycles. The van der Waals surface area contributed by atoms with Gasteiger partial charge in [-0.15, -0.1) is 0 Å². The molecular weight excluding hydrogens is 315 g/mol. The fourth-order valence-electron chi connectivity index (χ4n) is 4.55. The van der Waals surface area contributed by atoms with Crippen LogP contribution in [0.15, 0.2) is 12.2 Å². The minimum Gasteiger partial charge on any atom is -0.481 e. The van der Waals surface area contributed by atoms with E-state index in [1.54, 1.807) is 0 Å². The molecule has 3 heteroatoms. The van der Waals surface area contributed by atoms with E-state index in [2.05, 4.69) is 12.2 Å². The minimum atomic E-state index is -0.759. The third-order valence-corrected chi connectivity index (χ3v) is 5.99. The molecule has 2 nitrogen and oxygen atoms in total. The smallest absolute Gasteiger partial charge is 0.303 e. The molecule has 25 heavy (non-hydrogen) atoms. The molecule has 1 N–H and O–H groups in total. The summed E-state index contributed by atoms with van der Waals surface area (Å²) in [7, 11) is 0. The predicted molar refractivity (Wildman–Crippen MR) is 102 cm³/mol. The van der Waals surface area contributed by atoms with Crippen molar-refractivity contribution in [3.05, 3.63) is 12.2 Å². The van der Waals surface area contributed by atoms with Crippen LogP contribution in [-0.2, 0) is 4.79 Å². The average Bonchev–Trinajstić information content (AvgIpc) is 2.51. The predicted octanol–water partition coefficient (Wildman–Crippen LogP) is 6.98. The summed E-state index contributed by atoms with van der Waals surface area (Å²) < 4.78 is 13.4. The Morgan fingerprint density at radius 3 is 1.68 bits per heavy atom. The van der Waals surface area contributed by atoms with Crippen LogP contribution < -0.4 is 0 Å². The number of aliphatic carboxylic acids is 1. The largest absolute Gasteiger partial charge is 0.481 e. The number of carboxylic acids is 1. The maximum Gasteiger partial charge on any atom is 0.303 e. The molecule has 0 heterocycles. The van der Waals surface area contributed by atoms with E-state index < -0.39 is 11.6 Å². The van der Waals surface area contributed by atoms with Crippen molar-refractivity contribution in [1.82, 2.24) is 0 Å². The lowest BCUT2D eigenvalue weighted by atomic mass is 9.42. The van der Waals surface area contributed by atoms with Gasteiger partial charge < -0.3 is 5.11 Å². The quantitative estimate of drug-likeness (QED) is 0.240. The molecule has 2 bridgehead atoms. The van der Waals surface area contributed by atoms with E-state index >= 15 is 0 Å². The second-order valence-electron chi connectivity index (χ2n) is 8.62. The molecule has 0 spiro atoms. The summed E-state index contributed by atoms with van der Waals surface area (Å²) >= 11 is 0. The van der Waals surface area contributed by atoms with Crippen LogP contribution in [0.1, 0.15) is 109 Å². The summed E-state index contributed by atoms with van der Waals surface area (Å²) in [6, 6.07) is 0. The molecule has 3 rings (SSSR count). The number of hydrogen-bond acceptors (Lipinski definition) is 1. The maximum absolute atomic E-state index is 13.4. The molecule has 3 saturated carbocycles. The van der Waals surface area contributed by atoms with Gasteiger partial charge in [0, 0.05) is 6.42 Å². The van der Waals surface area contributed by atoms with Crippen molar-refractivity contribution in [2.75, 3.05) is 0 Å². The zero-order valence-electron chi connectivity index (χ0n) is 15.9. The van der Waals surface area contributed by atoms with Crippen LogP contribution in [-0.4, -0.2) is 16.7 Å². The van der Waals surface area contributed by atoms with Gasteiger partial charge in [-0.2, -0.15) is 0 Å². The fraction of sp³-hybridized carbons (Fsp3) is 0.864. The van der Waals surface area contributed by atoms with E-state index in [1.165, 1.54) is 70.6 Å². The Hall–Kier alpha value is -0.860. The first-order valence-corrected chi connectivity index (χ1v) is 10.6. The minimum absolute atomic E-state index is 0.283. The molecule has 0 aliphatic heterocycles. The van der Waals surface area contributed by atoms with Crippen LogP contribution in [0.4, 0.5) is 4.39 Å². The van der Waals surface area contributed by atoms with Crippen molar-refractivity contribution in [3.8, 4) is 0 Å². The summed E-state index contributed by atoms with van der Waals surface area (Å²) in [5.74, 6) is -0.666. The third kappa shape index (κ3) is 7.50. The number of hydrogen-bond donors (Lipinski definition) is 1. The van der Waals surface area contributed by atoms with Crippen LogP contribution in [0, 0.1) is 5.41 Å². The Kier molecular flexibility index (Phi) is 8.45. The summed E-state index contributed by atoms with van der Waals surface area (Å²) in [6.07, 6.45) is 23.5. The van der Waals surface area contributed by atoms with E-state index in [0.29, 0.717) is 6.42 Å². The number of carbonyl (C=O) groups is 1. The second-order valence-corrected chi connectivity index (χ2v) is 8.62. The lowest BCUT2D eigenvalue weighted by Crippen LogP contribution is -2.63. The number of alkyl halides is 1. The fourth-order valence-corrected chi connectivity index (χ4v) is 4.55. The van der Waals surface area contributed by atoms with Gasteiger partial charge in [-0.3, -0.25) is 4.79 Å². The molecule has 0 saturated heterocycles. The van der Waals surface area contributed by atoms with E-state index in [0.717, 1.165) is 32.1 Å². The summed E-state index contributed by atoms with van der Waals surface area (Å²) in [5.41, 5.74) is -0.476. The van der Waals surface area contributed by atoms with Gasteiger partial charge in [0.1, 0.15) is 5.67 Å². The monoisotopic (exact) mass is 352 g/mol. The highest BCUT2D eigenvalue weighted by atomic mass is 19.1. The molecule has 0 aromatic carbocycles. The Morgan fingerprint density at radius 1 is 0.800 bits per heavy atom. The van der Waals surface area contributed by atoms with E-state index in [9.17, 15) is 9.18 Å². The topological polar surface area (TPSA) is 37.3 Å². The first-order chi connectivity index (χ1) is 12.0. The zero-order chi connectivity index (χ0) is 18.0.